The van der Waals surface area contributed by atoms with Crippen molar-refractivity contribution in [2.75, 3.05) is 19.5 Å². The molecule has 3 aromatic heterocycles. The van der Waals surface area contributed by atoms with Gasteiger partial charge in [0.1, 0.15) is 11.4 Å². The lowest BCUT2D eigenvalue weighted by atomic mass is 10.1. The summed E-state index contributed by atoms with van der Waals surface area (Å²) in [4.78, 5) is 24.4. The van der Waals surface area contributed by atoms with Crippen molar-refractivity contribution in [2.45, 2.75) is 6.42 Å². The number of pyridine rings is 2. The molecule has 29 heavy (non-hydrogen) atoms. The zero-order valence-electron chi connectivity index (χ0n) is 16.1. The molecule has 0 unspecified atom stereocenters. The molecule has 7 nitrogen and oxygen atoms in total. The van der Waals surface area contributed by atoms with Crippen molar-refractivity contribution in [3.63, 3.8) is 0 Å². The Labute approximate surface area is 167 Å². The minimum Gasteiger partial charge on any atom is -0.497 e. The van der Waals surface area contributed by atoms with Crippen molar-refractivity contribution in [1.29, 1.82) is 0 Å². The third-order valence-electron chi connectivity index (χ3n) is 4.60. The van der Waals surface area contributed by atoms with Crippen molar-refractivity contribution in [2.24, 2.45) is 0 Å². The summed E-state index contributed by atoms with van der Waals surface area (Å²) in [6, 6.07) is 13.0. The Bertz CT molecular complexity index is 1170. The van der Waals surface area contributed by atoms with Gasteiger partial charge in [-0.15, -0.1) is 0 Å². The van der Waals surface area contributed by atoms with Crippen LogP contribution in [-0.4, -0.2) is 35.1 Å². The minimum absolute atomic E-state index is 0.122. The van der Waals surface area contributed by atoms with Crippen LogP contribution in [0.2, 0.25) is 0 Å². The lowest BCUT2D eigenvalue weighted by molar-refractivity contribution is -0.115. The molecule has 146 valence electrons. The summed E-state index contributed by atoms with van der Waals surface area (Å²) in [7, 11) is 3.18. The number of rotatable bonds is 6. The van der Waals surface area contributed by atoms with E-state index in [-0.39, 0.29) is 12.3 Å². The molecule has 0 bridgehead atoms. The minimum atomic E-state index is -0.122. The van der Waals surface area contributed by atoms with Crippen molar-refractivity contribution >= 4 is 22.6 Å². The van der Waals surface area contributed by atoms with Crippen LogP contribution in [0.3, 0.4) is 0 Å². The molecule has 1 amide bonds. The van der Waals surface area contributed by atoms with Crippen LogP contribution in [0.1, 0.15) is 5.56 Å². The van der Waals surface area contributed by atoms with Gasteiger partial charge in [-0.1, -0.05) is 6.07 Å². The SMILES string of the molecule is COc1cccc(NC(=O)Cc2c[nH]c3ncc(-c4cccnc4OC)cc23)c1. The second-order valence-corrected chi connectivity index (χ2v) is 6.45. The second kappa shape index (κ2) is 8.02. The van der Waals surface area contributed by atoms with Crippen LogP contribution in [0.4, 0.5) is 5.69 Å². The van der Waals surface area contributed by atoms with E-state index >= 15 is 0 Å². The second-order valence-electron chi connectivity index (χ2n) is 6.45. The monoisotopic (exact) mass is 388 g/mol. The number of hydrogen-bond donors (Lipinski definition) is 2. The first-order valence-corrected chi connectivity index (χ1v) is 9.07. The standard InChI is InChI=1S/C22H20N4O3/c1-28-17-6-3-5-16(11-17)26-20(27)10-15-13-25-21-19(15)9-14(12-24-21)18-7-4-8-23-22(18)29-2/h3-9,11-13H,10H2,1-2H3,(H,24,25)(H,26,27). The number of anilines is 1. The number of carbonyl (C=O) groups is 1. The van der Waals surface area contributed by atoms with E-state index in [0.29, 0.717) is 17.3 Å². The highest BCUT2D eigenvalue weighted by atomic mass is 16.5. The van der Waals surface area contributed by atoms with Crippen LogP contribution in [0.15, 0.2) is 61.1 Å². The maximum atomic E-state index is 12.6. The zero-order valence-corrected chi connectivity index (χ0v) is 16.1. The number of methoxy groups -OCH3 is 2. The van der Waals surface area contributed by atoms with E-state index in [4.69, 9.17) is 9.47 Å². The molecule has 7 heteroatoms. The van der Waals surface area contributed by atoms with Gasteiger partial charge in [-0.25, -0.2) is 9.97 Å². The van der Waals surface area contributed by atoms with Crippen LogP contribution in [-0.2, 0) is 11.2 Å². The first kappa shape index (κ1) is 18.5. The smallest absolute Gasteiger partial charge is 0.228 e. The molecule has 0 aliphatic heterocycles. The van der Waals surface area contributed by atoms with E-state index < -0.39 is 0 Å². The Kier molecular flexibility index (Phi) is 5.11. The summed E-state index contributed by atoms with van der Waals surface area (Å²) in [5, 5.41) is 3.78. The molecule has 0 spiro atoms. The Hall–Kier alpha value is -3.87. The number of H-pyrrole nitrogens is 1. The highest BCUT2D eigenvalue weighted by Gasteiger charge is 2.13. The fourth-order valence-electron chi connectivity index (χ4n) is 3.20. The molecule has 0 aliphatic carbocycles. The number of nitrogens with one attached hydrogen (secondary N) is 2. The summed E-state index contributed by atoms with van der Waals surface area (Å²) in [6.45, 7) is 0. The number of nitrogens with zero attached hydrogens (tertiary/aromatic N) is 2. The van der Waals surface area contributed by atoms with E-state index in [0.717, 1.165) is 27.7 Å². The first-order chi connectivity index (χ1) is 14.2. The van der Waals surface area contributed by atoms with Crippen LogP contribution in [0.5, 0.6) is 11.6 Å². The zero-order chi connectivity index (χ0) is 20.2. The Balaban J connectivity index is 1.60. The molecule has 3 heterocycles. The average molecular weight is 388 g/mol. The van der Waals surface area contributed by atoms with Gasteiger partial charge in [0.05, 0.1) is 20.6 Å². The molecule has 0 saturated carbocycles. The Morgan fingerprint density at radius 3 is 2.83 bits per heavy atom. The summed E-state index contributed by atoms with van der Waals surface area (Å²) >= 11 is 0. The molecule has 0 saturated heterocycles. The van der Waals surface area contributed by atoms with Crippen molar-refractivity contribution in [3.05, 3.63) is 66.6 Å². The molecule has 0 fully saturated rings. The normalized spacial score (nSPS) is 10.7. The average Bonchev–Trinajstić information content (AvgIpc) is 3.15. The van der Waals surface area contributed by atoms with Crippen molar-refractivity contribution in [1.82, 2.24) is 15.0 Å². The number of ether oxygens (including phenoxy) is 2. The summed E-state index contributed by atoms with van der Waals surface area (Å²) in [5.41, 5.74) is 3.99. The topological polar surface area (TPSA) is 89.1 Å². The summed E-state index contributed by atoms with van der Waals surface area (Å²) in [5.74, 6) is 1.10. The van der Waals surface area contributed by atoms with E-state index in [2.05, 4.69) is 20.3 Å². The number of amides is 1. The first-order valence-electron chi connectivity index (χ1n) is 9.07. The molecule has 0 aliphatic rings. The van der Waals surface area contributed by atoms with Crippen LogP contribution in [0, 0.1) is 0 Å². The van der Waals surface area contributed by atoms with Gasteiger partial charge >= 0.3 is 0 Å². The third kappa shape index (κ3) is 3.89. The lowest BCUT2D eigenvalue weighted by Gasteiger charge is -2.08. The Morgan fingerprint density at radius 1 is 1.10 bits per heavy atom. The fourth-order valence-corrected chi connectivity index (χ4v) is 3.20. The summed E-state index contributed by atoms with van der Waals surface area (Å²) < 4.78 is 10.5. The largest absolute Gasteiger partial charge is 0.497 e. The molecule has 4 rings (SSSR count). The highest BCUT2D eigenvalue weighted by molar-refractivity contribution is 5.96. The van der Waals surface area contributed by atoms with Gasteiger partial charge < -0.3 is 19.8 Å². The van der Waals surface area contributed by atoms with E-state index in [9.17, 15) is 4.79 Å². The number of benzene rings is 1. The number of fused-ring (bicyclic) bond motifs is 1. The van der Waals surface area contributed by atoms with Gasteiger partial charge in [0.2, 0.25) is 11.8 Å². The molecular formula is C22H20N4O3. The lowest BCUT2D eigenvalue weighted by Crippen LogP contribution is -2.14. The van der Waals surface area contributed by atoms with Crippen molar-refractivity contribution in [3.8, 4) is 22.8 Å². The predicted octanol–water partition coefficient (Wildman–Crippen LogP) is 3.82. The molecule has 4 aromatic rings. The summed E-state index contributed by atoms with van der Waals surface area (Å²) in [6.07, 6.45) is 5.47. The quantitative estimate of drug-likeness (QED) is 0.524. The highest BCUT2D eigenvalue weighted by Crippen LogP contribution is 2.30. The van der Waals surface area contributed by atoms with Crippen LogP contribution in [0.25, 0.3) is 22.2 Å². The van der Waals surface area contributed by atoms with Gasteiger partial charge in [0.25, 0.3) is 0 Å². The third-order valence-corrected chi connectivity index (χ3v) is 4.60. The van der Waals surface area contributed by atoms with Crippen molar-refractivity contribution < 1.29 is 14.3 Å². The molecule has 2 N–H and O–H groups in total. The van der Waals surface area contributed by atoms with Crippen LogP contribution >= 0.6 is 0 Å². The van der Waals surface area contributed by atoms with Gasteiger partial charge in [-0.2, -0.15) is 0 Å². The maximum Gasteiger partial charge on any atom is 0.228 e. The van der Waals surface area contributed by atoms with E-state index in [1.165, 1.54) is 0 Å². The van der Waals surface area contributed by atoms with Crippen LogP contribution < -0.4 is 14.8 Å². The number of aromatic amines is 1. The van der Waals surface area contributed by atoms with E-state index in [1.807, 2.05) is 42.6 Å². The molecule has 0 atom stereocenters. The van der Waals surface area contributed by atoms with E-state index in [1.54, 1.807) is 32.7 Å². The van der Waals surface area contributed by atoms with Gasteiger partial charge in [0, 0.05) is 46.9 Å². The number of hydrogen-bond acceptors (Lipinski definition) is 5. The maximum absolute atomic E-state index is 12.6. The van der Waals surface area contributed by atoms with Gasteiger partial charge in [-0.05, 0) is 35.9 Å². The fraction of sp³-hybridized carbons (Fsp3) is 0.136. The predicted molar refractivity (Wildman–Crippen MR) is 111 cm³/mol. The number of carbonyl (C=O) groups excluding carboxylic acids is 1. The van der Waals surface area contributed by atoms with Gasteiger partial charge in [0.15, 0.2) is 0 Å². The van der Waals surface area contributed by atoms with Gasteiger partial charge in [-0.3, -0.25) is 4.79 Å². The Morgan fingerprint density at radius 2 is 2.00 bits per heavy atom. The number of aromatic nitrogens is 3. The molecule has 0 radical (unpaired) electrons. The molecule has 1 aromatic carbocycles. The molecular weight excluding hydrogens is 368 g/mol.